The second-order valence-electron chi connectivity index (χ2n) is 2.82. The first-order valence-electron chi connectivity index (χ1n) is 3.61. The third-order valence-corrected chi connectivity index (χ3v) is 2.46. The fraction of sp³-hybridized carbons (Fsp3) is 0.571. The Labute approximate surface area is 81.8 Å². The number of nitrogens with zero attached hydrogens (tertiary/aromatic N) is 1. The zero-order valence-electron chi connectivity index (χ0n) is 7.37. The van der Waals surface area contributed by atoms with Crippen LogP contribution in [0.15, 0.2) is 4.42 Å². The van der Waals surface area contributed by atoms with E-state index in [4.69, 9.17) is 16.0 Å². The van der Waals surface area contributed by atoms with Gasteiger partial charge in [-0.05, 0) is 6.92 Å². The van der Waals surface area contributed by atoms with Crippen LogP contribution in [0.5, 0.6) is 0 Å². The van der Waals surface area contributed by atoms with E-state index in [1.54, 1.807) is 6.92 Å². The number of hydrogen-bond acceptors (Lipinski definition) is 4. The average molecular weight is 224 g/mol. The van der Waals surface area contributed by atoms with Gasteiger partial charge in [0.2, 0.25) is 5.89 Å². The fourth-order valence-corrected chi connectivity index (χ4v) is 1.72. The van der Waals surface area contributed by atoms with Crippen LogP contribution in [-0.2, 0) is 21.5 Å². The molecule has 0 N–H and O–H groups in total. The van der Waals surface area contributed by atoms with Crippen LogP contribution in [-0.4, -0.2) is 19.7 Å². The molecule has 0 aliphatic carbocycles. The van der Waals surface area contributed by atoms with Crippen molar-refractivity contribution in [3.8, 4) is 0 Å². The van der Waals surface area contributed by atoms with Gasteiger partial charge in [-0.3, -0.25) is 0 Å². The minimum Gasteiger partial charge on any atom is -0.443 e. The average Bonchev–Trinajstić information content (AvgIpc) is 2.26. The maximum Gasteiger partial charge on any atom is 0.209 e. The maximum atomic E-state index is 10.9. The van der Waals surface area contributed by atoms with E-state index in [2.05, 4.69) is 4.98 Å². The third kappa shape index (κ3) is 3.00. The molecular weight excluding hydrogens is 214 g/mol. The van der Waals surface area contributed by atoms with Crippen molar-refractivity contribution in [1.29, 1.82) is 0 Å². The molecule has 0 bridgehead atoms. The van der Waals surface area contributed by atoms with Crippen molar-refractivity contribution in [2.24, 2.45) is 0 Å². The van der Waals surface area contributed by atoms with Gasteiger partial charge in [-0.2, -0.15) is 0 Å². The predicted molar refractivity (Wildman–Crippen MR) is 49.3 cm³/mol. The highest BCUT2D eigenvalue weighted by atomic mass is 35.5. The Bertz CT molecular complexity index is 396. The molecule has 0 saturated heterocycles. The van der Waals surface area contributed by atoms with E-state index in [1.165, 1.54) is 0 Å². The summed E-state index contributed by atoms with van der Waals surface area (Å²) < 4.78 is 26.9. The van der Waals surface area contributed by atoms with E-state index >= 15 is 0 Å². The molecule has 13 heavy (non-hydrogen) atoms. The van der Waals surface area contributed by atoms with E-state index in [0.717, 1.165) is 6.26 Å². The Morgan fingerprint density at radius 2 is 2.15 bits per heavy atom. The van der Waals surface area contributed by atoms with Crippen molar-refractivity contribution < 1.29 is 12.8 Å². The van der Waals surface area contributed by atoms with Crippen LogP contribution in [0.3, 0.4) is 0 Å². The van der Waals surface area contributed by atoms with Crippen LogP contribution < -0.4 is 0 Å². The Hall–Kier alpha value is -0.550. The molecular formula is C7H10ClNO3S. The van der Waals surface area contributed by atoms with Crippen LogP contribution in [0.4, 0.5) is 0 Å². The molecule has 0 amide bonds. The van der Waals surface area contributed by atoms with Gasteiger partial charge in [0.1, 0.15) is 11.5 Å². The number of oxazole rings is 1. The fourth-order valence-electron chi connectivity index (χ4n) is 0.898. The molecule has 4 nitrogen and oxygen atoms in total. The number of rotatable bonds is 3. The van der Waals surface area contributed by atoms with Crippen molar-refractivity contribution in [3.05, 3.63) is 17.3 Å². The Balaban J connectivity index is 2.92. The van der Waals surface area contributed by atoms with Crippen molar-refractivity contribution in [3.63, 3.8) is 0 Å². The van der Waals surface area contributed by atoms with Gasteiger partial charge in [0.25, 0.3) is 0 Å². The van der Waals surface area contributed by atoms with E-state index < -0.39 is 9.84 Å². The first-order chi connectivity index (χ1) is 5.92. The highest BCUT2D eigenvalue weighted by Gasteiger charge is 2.13. The lowest BCUT2D eigenvalue weighted by molar-refractivity contribution is 0.480. The lowest BCUT2D eigenvalue weighted by Crippen LogP contribution is -2.00. The van der Waals surface area contributed by atoms with Crippen molar-refractivity contribution >= 4 is 21.4 Å². The minimum absolute atomic E-state index is 0.176. The number of alkyl halides is 1. The highest BCUT2D eigenvalue weighted by Crippen LogP contribution is 2.14. The molecule has 1 aromatic heterocycles. The molecule has 6 heteroatoms. The third-order valence-electron chi connectivity index (χ3n) is 1.44. The van der Waals surface area contributed by atoms with Gasteiger partial charge in [0.05, 0.1) is 11.6 Å². The molecule has 1 rings (SSSR count). The lowest BCUT2D eigenvalue weighted by Gasteiger charge is -1.90. The number of aryl methyl sites for hydroxylation is 1. The topological polar surface area (TPSA) is 60.2 Å². The SMILES string of the molecule is Cc1nc(CS(C)(=O)=O)oc1CCl. The summed E-state index contributed by atoms with van der Waals surface area (Å²) in [7, 11) is -3.09. The predicted octanol–water partition coefficient (Wildman–Crippen LogP) is 1.27. The van der Waals surface area contributed by atoms with Crippen molar-refractivity contribution in [2.75, 3.05) is 6.26 Å². The summed E-state index contributed by atoms with van der Waals surface area (Å²) >= 11 is 5.53. The second-order valence-corrected chi connectivity index (χ2v) is 5.23. The van der Waals surface area contributed by atoms with Crippen LogP contribution in [0.1, 0.15) is 17.3 Å². The molecule has 0 atom stereocenters. The van der Waals surface area contributed by atoms with Crippen molar-refractivity contribution in [2.45, 2.75) is 18.6 Å². The van der Waals surface area contributed by atoms with E-state index in [1.807, 2.05) is 0 Å². The molecule has 0 aliphatic heterocycles. The van der Waals surface area contributed by atoms with E-state index in [-0.39, 0.29) is 17.5 Å². The normalized spacial score (nSPS) is 11.9. The molecule has 0 spiro atoms. The van der Waals surface area contributed by atoms with Gasteiger partial charge in [-0.15, -0.1) is 11.6 Å². The number of halogens is 1. The molecule has 0 unspecified atom stereocenters. The summed E-state index contributed by atoms with van der Waals surface area (Å²) in [5.74, 6) is 0.767. The summed E-state index contributed by atoms with van der Waals surface area (Å²) in [6.45, 7) is 1.73. The molecule has 1 heterocycles. The highest BCUT2D eigenvalue weighted by molar-refractivity contribution is 7.89. The molecule has 0 saturated carbocycles. The lowest BCUT2D eigenvalue weighted by atomic mass is 10.4. The largest absolute Gasteiger partial charge is 0.443 e. The smallest absolute Gasteiger partial charge is 0.209 e. The van der Waals surface area contributed by atoms with Crippen LogP contribution in [0, 0.1) is 6.92 Å². The zero-order valence-corrected chi connectivity index (χ0v) is 8.94. The zero-order chi connectivity index (χ0) is 10.1. The standard InChI is InChI=1S/C7H10ClNO3S/c1-5-6(3-8)12-7(9-5)4-13(2,10)11/h3-4H2,1-2H3. The van der Waals surface area contributed by atoms with Crippen LogP contribution >= 0.6 is 11.6 Å². The molecule has 0 fully saturated rings. The molecule has 1 aromatic rings. The summed E-state index contributed by atoms with van der Waals surface area (Å²) in [5.41, 5.74) is 0.647. The van der Waals surface area contributed by atoms with E-state index in [0.29, 0.717) is 11.5 Å². The quantitative estimate of drug-likeness (QED) is 0.724. The summed E-state index contributed by atoms with van der Waals surface area (Å²) in [5, 5.41) is 0. The summed E-state index contributed by atoms with van der Waals surface area (Å²) in [6.07, 6.45) is 1.13. The minimum atomic E-state index is -3.09. The summed E-state index contributed by atoms with van der Waals surface area (Å²) in [6, 6.07) is 0. The first-order valence-corrected chi connectivity index (χ1v) is 6.21. The van der Waals surface area contributed by atoms with Gasteiger partial charge < -0.3 is 4.42 Å². The van der Waals surface area contributed by atoms with Gasteiger partial charge in [-0.1, -0.05) is 0 Å². The Morgan fingerprint density at radius 1 is 1.54 bits per heavy atom. The van der Waals surface area contributed by atoms with Gasteiger partial charge >= 0.3 is 0 Å². The van der Waals surface area contributed by atoms with Crippen LogP contribution in [0.25, 0.3) is 0 Å². The van der Waals surface area contributed by atoms with E-state index in [9.17, 15) is 8.42 Å². The molecule has 0 aromatic carbocycles. The monoisotopic (exact) mass is 223 g/mol. The molecule has 0 aliphatic rings. The molecule has 74 valence electrons. The Morgan fingerprint density at radius 3 is 2.54 bits per heavy atom. The maximum absolute atomic E-state index is 10.9. The van der Waals surface area contributed by atoms with Gasteiger partial charge in [0, 0.05) is 6.26 Å². The first kappa shape index (κ1) is 10.5. The van der Waals surface area contributed by atoms with Gasteiger partial charge in [0.15, 0.2) is 9.84 Å². The van der Waals surface area contributed by atoms with Crippen molar-refractivity contribution in [1.82, 2.24) is 4.98 Å². The number of aromatic nitrogens is 1. The Kier molecular flexibility index (Phi) is 2.98. The number of sulfone groups is 1. The number of hydrogen-bond donors (Lipinski definition) is 0. The summed E-state index contributed by atoms with van der Waals surface area (Å²) in [4.78, 5) is 3.94. The van der Waals surface area contributed by atoms with Crippen LogP contribution in [0.2, 0.25) is 0 Å². The second kappa shape index (κ2) is 3.67. The van der Waals surface area contributed by atoms with Gasteiger partial charge in [-0.25, -0.2) is 13.4 Å². The molecule has 0 radical (unpaired) electrons.